The predicted octanol–water partition coefficient (Wildman–Crippen LogP) is 2.11. The van der Waals surface area contributed by atoms with Crippen LogP contribution in [0, 0.1) is 0 Å². The van der Waals surface area contributed by atoms with E-state index < -0.39 is 16.1 Å². The van der Waals surface area contributed by atoms with Gasteiger partial charge in [-0.2, -0.15) is 4.31 Å². The highest BCUT2D eigenvalue weighted by atomic mass is 32.2. The first kappa shape index (κ1) is 17.2. The molecule has 0 radical (unpaired) electrons. The Kier molecular flexibility index (Phi) is 4.30. The molecule has 1 saturated heterocycles. The maximum Gasteiger partial charge on any atom is 0.262 e. The highest BCUT2D eigenvalue weighted by molar-refractivity contribution is 7.89. The van der Waals surface area contributed by atoms with E-state index in [1.165, 1.54) is 16.8 Å². The van der Waals surface area contributed by atoms with Crippen LogP contribution in [0.2, 0.25) is 0 Å². The molecular formula is C19H21N3O3S. The summed E-state index contributed by atoms with van der Waals surface area (Å²) in [5.74, 6) is -0.0743. The van der Waals surface area contributed by atoms with Crippen molar-refractivity contribution in [1.82, 2.24) is 13.9 Å². The molecule has 0 unspecified atom stereocenters. The van der Waals surface area contributed by atoms with Gasteiger partial charge in [0.25, 0.3) is 10.0 Å². The third kappa shape index (κ3) is 3.02. The lowest BCUT2D eigenvalue weighted by atomic mass is 9.87. The van der Waals surface area contributed by atoms with E-state index in [1.54, 1.807) is 11.6 Å². The zero-order valence-electron chi connectivity index (χ0n) is 14.5. The zero-order valence-corrected chi connectivity index (χ0v) is 15.3. The molecule has 1 N–H and O–H groups in total. The first-order valence-corrected chi connectivity index (χ1v) is 10.0. The Morgan fingerprint density at radius 3 is 2.62 bits per heavy atom. The van der Waals surface area contributed by atoms with Gasteiger partial charge in [-0.25, -0.2) is 13.4 Å². The van der Waals surface area contributed by atoms with E-state index in [2.05, 4.69) is 17.1 Å². The second-order valence-electron chi connectivity index (χ2n) is 6.81. The van der Waals surface area contributed by atoms with Gasteiger partial charge in [0.05, 0.1) is 12.4 Å². The van der Waals surface area contributed by atoms with Crippen molar-refractivity contribution in [3.8, 4) is 0 Å². The summed E-state index contributed by atoms with van der Waals surface area (Å²) in [6.07, 6.45) is 2.77. The monoisotopic (exact) mass is 371 g/mol. The summed E-state index contributed by atoms with van der Waals surface area (Å²) in [6.45, 7) is 0.448. The second-order valence-corrected chi connectivity index (χ2v) is 8.69. The largest absolute Gasteiger partial charge is 0.391 e. The Morgan fingerprint density at radius 1 is 1.15 bits per heavy atom. The molecule has 2 atom stereocenters. The number of fused-ring (bicyclic) bond motifs is 1. The summed E-state index contributed by atoms with van der Waals surface area (Å²) < 4.78 is 28.3. The average Bonchev–Trinajstić information content (AvgIpc) is 3.08. The van der Waals surface area contributed by atoms with Crippen molar-refractivity contribution in [2.24, 2.45) is 7.05 Å². The van der Waals surface area contributed by atoms with Gasteiger partial charge in [0.15, 0.2) is 5.03 Å². The maximum absolute atomic E-state index is 12.7. The Hall–Kier alpha value is -2.22. The Bertz CT molecular complexity index is 1040. The summed E-state index contributed by atoms with van der Waals surface area (Å²) in [5.41, 5.74) is 1.05. The first-order chi connectivity index (χ1) is 12.4. The van der Waals surface area contributed by atoms with Crippen LogP contribution in [0.25, 0.3) is 10.8 Å². The van der Waals surface area contributed by atoms with Gasteiger partial charge in [0.1, 0.15) is 0 Å². The molecule has 1 aliphatic heterocycles. The quantitative estimate of drug-likeness (QED) is 0.765. The molecule has 136 valence electrons. The minimum Gasteiger partial charge on any atom is -0.391 e. The second kappa shape index (κ2) is 6.50. The number of benzene rings is 2. The molecule has 1 fully saturated rings. The van der Waals surface area contributed by atoms with Gasteiger partial charge in [0.2, 0.25) is 0 Å². The molecule has 2 heterocycles. The van der Waals surface area contributed by atoms with Crippen molar-refractivity contribution in [1.29, 1.82) is 0 Å². The molecule has 1 aliphatic rings. The maximum atomic E-state index is 12.7. The number of aromatic nitrogens is 2. The number of piperidine rings is 1. The molecule has 7 heteroatoms. The average molecular weight is 371 g/mol. The molecule has 4 rings (SSSR count). The molecule has 2 aromatic carbocycles. The van der Waals surface area contributed by atoms with Gasteiger partial charge in [-0.1, -0.05) is 42.5 Å². The first-order valence-electron chi connectivity index (χ1n) is 8.60. The van der Waals surface area contributed by atoms with Crippen molar-refractivity contribution in [2.75, 3.05) is 13.1 Å². The van der Waals surface area contributed by atoms with E-state index in [-0.39, 0.29) is 17.5 Å². The summed E-state index contributed by atoms with van der Waals surface area (Å²) in [5, 5.41) is 13.0. The van der Waals surface area contributed by atoms with Crippen LogP contribution in [-0.2, 0) is 17.1 Å². The highest BCUT2D eigenvalue weighted by Gasteiger charge is 2.36. The molecule has 3 aromatic rings. The van der Waals surface area contributed by atoms with Gasteiger partial charge >= 0.3 is 0 Å². The number of rotatable bonds is 3. The number of aliphatic hydroxyl groups is 1. The van der Waals surface area contributed by atoms with Gasteiger partial charge in [-0.3, -0.25) is 0 Å². The summed E-state index contributed by atoms with van der Waals surface area (Å²) in [6, 6.07) is 14.3. The lowest BCUT2D eigenvalue weighted by Gasteiger charge is -2.35. The number of aliphatic hydroxyl groups excluding tert-OH is 1. The molecule has 0 spiro atoms. The minimum absolute atomic E-state index is 0.0244. The Balaban J connectivity index is 1.56. The van der Waals surface area contributed by atoms with Crippen molar-refractivity contribution < 1.29 is 13.5 Å². The van der Waals surface area contributed by atoms with Crippen LogP contribution in [0.1, 0.15) is 17.9 Å². The molecule has 6 nitrogen and oxygen atoms in total. The van der Waals surface area contributed by atoms with Crippen LogP contribution < -0.4 is 0 Å². The molecule has 26 heavy (non-hydrogen) atoms. The minimum atomic E-state index is -3.67. The van der Waals surface area contributed by atoms with E-state index >= 15 is 0 Å². The summed E-state index contributed by atoms with van der Waals surface area (Å²) in [7, 11) is -1.94. The Labute approximate surface area is 152 Å². The summed E-state index contributed by atoms with van der Waals surface area (Å²) in [4.78, 5) is 3.95. The number of hydrogen-bond donors (Lipinski definition) is 1. The van der Waals surface area contributed by atoms with E-state index in [9.17, 15) is 13.5 Å². The van der Waals surface area contributed by atoms with Crippen molar-refractivity contribution in [3.63, 3.8) is 0 Å². The third-order valence-corrected chi connectivity index (χ3v) is 6.78. The van der Waals surface area contributed by atoms with Crippen LogP contribution in [0.4, 0.5) is 0 Å². The van der Waals surface area contributed by atoms with E-state index in [4.69, 9.17) is 0 Å². The predicted molar refractivity (Wildman–Crippen MR) is 99.3 cm³/mol. The molecule has 0 bridgehead atoms. The topological polar surface area (TPSA) is 75.4 Å². The number of nitrogens with zero attached hydrogens (tertiary/aromatic N) is 3. The fraction of sp³-hybridized carbons (Fsp3) is 0.316. The molecule has 1 aromatic heterocycles. The van der Waals surface area contributed by atoms with Crippen LogP contribution in [0.5, 0.6) is 0 Å². The van der Waals surface area contributed by atoms with E-state index in [0.29, 0.717) is 13.0 Å². The van der Waals surface area contributed by atoms with E-state index in [0.717, 1.165) is 16.3 Å². The fourth-order valence-electron chi connectivity index (χ4n) is 3.60. The molecule has 0 amide bonds. The van der Waals surface area contributed by atoms with Crippen LogP contribution >= 0.6 is 0 Å². The number of β-amino-alcohol motifs (C(OH)–C–C–N with tert-alkyl or cyclic N) is 1. The van der Waals surface area contributed by atoms with Crippen molar-refractivity contribution >= 4 is 20.8 Å². The molecule has 0 aliphatic carbocycles. The number of imidazole rings is 1. The number of sulfonamides is 1. The van der Waals surface area contributed by atoms with Crippen LogP contribution in [-0.4, -0.2) is 46.6 Å². The van der Waals surface area contributed by atoms with Crippen molar-refractivity contribution in [3.05, 3.63) is 60.6 Å². The summed E-state index contributed by atoms with van der Waals surface area (Å²) >= 11 is 0. The fourth-order valence-corrected chi connectivity index (χ4v) is 5.04. The smallest absolute Gasteiger partial charge is 0.262 e. The van der Waals surface area contributed by atoms with Gasteiger partial charge in [-0.15, -0.1) is 0 Å². The Morgan fingerprint density at radius 2 is 1.92 bits per heavy atom. The highest BCUT2D eigenvalue weighted by Crippen LogP contribution is 2.32. The lowest BCUT2D eigenvalue weighted by molar-refractivity contribution is 0.0854. The SMILES string of the molecule is Cn1cnc(S(=O)(=O)N2CC[C@@H](c3ccc4ccccc4c3)[C@H](O)C2)c1. The number of hydrogen-bond acceptors (Lipinski definition) is 4. The molecule has 0 saturated carbocycles. The standard InChI is InChI=1S/C19H21N3O3S/c1-21-12-19(20-13-21)26(24,25)22-9-8-17(18(23)11-22)16-7-6-14-4-2-3-5-15(14)10-16/h2-7,10,12-13,17-18,23H,8-9,11H2,1H3/t17-,18+/m0/s1. The van der Waals surface area contributed by atoms with Gasteiger partial charge in [0, 0.05) is 32.3 Å². The zero-order chi connectivity index (χ0) is 18.3. The van der Waals surface area contributed by atoms with Gasteiger partial charge < -0.3 is 9.67 Å². The van der Waals surface area contributed by atoms with Crippen LogP contribution in [0.15, 0.2) is 60.0 Å². The lowest BCUT2D eigenvalue weighted by Crippen LogP contribution is -2.45. The third-order valence-electron chi connectivity index (χ3n) is 5.03. The van der Waals surface area contributed by atoms with Gasteiger partial charge in [-0.05, 0) is 22.8 Å². The molecular weight excluding hydrogens is 350 g/mol. The van der Waals surface area contributed by atoms with Crippen LogP contribution in [0.3, 0.4) is 0 Å². The number of aryl methyl sites for hydroxylation is 1. The normalized spacial score (nSPS) is 21.9. The van der Waals surface area contributed by atoms with E-state index in [1.807, 2.05) is 30.3 Å². The van der Waals surface area contributed by atoms with Crippen molar-refractivity contribution in [2.45, 2.75) is 23.5 Å².